The van der Waals surface area contributed by atoms with E-state index in [-0.39, 0.29) is 5.69 Å². The topological polar surface area (TPSA) is 55.1 Å². The fourth-order valence-electron chi connectivity index (χ4n) is 1.66. The average molecular weight is 295 g/mol. The van der Waals surface area contributed by atoms with Gasteiger partial charge >= 0.3 is 5.97 Å². The molecule has 2 aromatic rings. The van der Waals surface area contributed by atoms with E-state index in [0.717, 1.165) is 21.3 Å². The number of carboxylic acid groups (broad SMARTS) is 1. The molecule has 0 saturated heterocycles. The Bertz CT molecular complexity index is 590. The molecule has 0 spiro atoms. The van der Waals surface area contributed by atoms with Gasteiger partial charge in [0.25, 0.3) is 0 Å². The summed E-state index contributed by atoms with van der Waals surface area (Å²) in [5.74, 6) is -1.02. The Hall–Kier alpha value is -1.62. The molecule has 0 atom stereocenters. The molecule has 88 valence electrons. The maximum absolute atomic E-state index is 10.9. The summed E-state index contributed by atoms with van der Waals surface area (Å²) in [5, 5.41) is 12.9. The van der Waals surface area contributed by atoms with Gasteiger partial charge in [0.2, 0.25) is 0 Å². The second-order valence-electron chi connectivity index (χ2n) is 3.83. The molecule has 1 aromatic heterocycles. The smallest absolute Gasteiger partial charge is 0.356 e. The zero-order valence-corrected chi connectivity index (χ0v) is 11.0. The predicted molar refractivity (Wildman–Crippen MR) is 68.0 cm³/mol. The van der Waals surface area contributed by atoms with Crippen molar-refractivity contribution in [2.45, 2.75) is 6.92 Å². The van der Waals surface area contributed by atoms with Crippen LogP contribution in [-0.4, -0.2) is 20.9 Å². The summed E-state index contributed by atoms with van der Waals surface area (Å²) in [6.45, 7) is 1.99. The number of hydrogen-bond acceptors (Lipinski definition) is 2. The Morgan fingerprint density at radius 3 is 2.71 bits per heavy atom. The lowest BCUT2D eigenvalue weighted by atomic mass is 10.1. The number of carbonyl (C=O) groups is 1. The third-order valence-corrected chi connectivity index (χ3v) is 3.19. The molecule has 2 rings (SSSR count). The maximum Gasteiger partial charge on any atom is 0.356 e. The zero-order valence-electron chi connectivity index (χ0n) is 9.44. The van der Waals surface area contributed by atoms with Gasteiger partial charge in [0.15, 0.2) is 5.69 Å². The largest absolute Gasteiger partial charge is 0.476 e. The van der Waals surface area contributed by atoms with Gasteiger partial charge < -0.3 is 5.11 Å². The molecule has 0 unspecified atom stereocenters. The van der Waals surface area contributed by atoms with Crippen molar-refractivity contribution < 1.29 is 9.90 Å². The molecule has 1 N–H and O–H groups in total. The van der Waals surface area contributed by atoms with Crippen molar-refractivity contribution in [3.63, 3.8) is 0 Å². The summed E-state index contributed by atoms with van der Waals surface area (Å²) in [4.78, 5) is 10.9. The quantitative estimate of drug-likeness (QED) is 0.927. The van der Waals surface area contributed by atoms with Gasteiger partial charge in [-0.3, -0.25) is 4.68 Å². The standard InChI is InChI=1S/C12H11BrN2O2/c1-7-3-4-9(13)8(5-7)11-6-10(12(16)17)14-15(11)2/h3-6H,1-2H3,(H,16,17). The fourth-order valence-corrected chi connectivity index (χ4v) is 2.11. The van der Waals surface area contributed by atoms with Crippen molar-refractivity contribution in [2.24, 2.45) is 7.05 Å². The Morgan fingerprint density at radius 2 is 2.12 bits per heavy atom. The van der Waals surface area contributed by atoms with Crippen molar-refractivity contribution in [1.29, 1.82) is 0 Å². The number of aryl methyl sites for hydroxylation is 2. The maximum atomic E-state index is 10.9. The van der Waals surface area contributed by atoms with E-state index in [1.54, 1.807) is 17.8 Å². The number of aromatic nitrogens is 2. The highest BCUT2D eigenvalue weighted by atomic mass is 79.9. The molecule has 5 heteroatoms. The summed E-state index contributed by atoms with van der Waals surface area (Å²) in [6, 6.07) is 7.49. The van der Waals surface area contributed by atoms with E-state index in [0.29, 0.717) is 0 Å². The molecule has 0 aliphatic carbocycles. The number of halogens is 1. The highest BCUT2D eigenvalue weighted by Crippen LogP contribution is 2.29. The Kier molecular flexibility index (Phi) is 3.02. The minimum absolute atomic E-state index is 0.0518. The number of nitrogens with zero attached hydrogens (tertiary/aromatic N) is 2. The number of benzene rings is 1. The molecule has 1 heterocycles. The molecule has 17 heavy (non-hydrogen) atoms. The Balaban J connectivity index is 2.60. The normalized spacial score (nSPS) is 10.5. The molecule has 0 amide bonds. The van der Waals surface area contributed by atoms with Gasteiger partial charge in [-0.05, 0) is 25.1 Å². The predicted octanol–water partition coefficient (Wildman–Crippen LogP) is 2.86. The van der Waals surface area contributed by atoms with Crippen LogP contribution in [-0.2, 0) is 7.05 Å². The van der Waals surface area contributed by atoms with E-state index in [1.807, 2.05) is 25.1 Å². The van der Waals surface area contributed by atoms with Gasteiger partial charge in [0.1, 0.15) is 0 Å². The SMILES string of the molecule is Cc1ccc(Br)c(-c2cc(C(=O)O)nn2C)c1. The first kappa shape index (κ1) is 11.9. The first-order chi connectivity index (χ1) is 7.99. The van der Waals surface area contributed by atoms with Crippen LogP contribution < -0.4 is 0 Å². The summed E-state index contributed by atoms with van der Waals surface area (Å²) in [7, 11) is 1.73. The van der Waals surface area contributed by atoms with E-state index in [1.165, 1.54) is 0 Å². The summed E-state index contributed by atoms with van der Waals surface area (Å²) >= 11 is 3.46. The van der Waals surface area contributed by atoms with Gasteiger partial charge in [-0.2, -0.15) is 5.10 Å². The van der Waals surface area contributed by atoms with Crippen molar-refractivity contribution in [3.8, 4) is 11.3 Å². The molecule has 1 aromatic carbocycles. The third kappa shape index (κ3) is 2.24. The van der Waals surface area contributed by atoms with Crippen molar-refractivity contribution in [1.82, 2.24) is 9.78 Å². The van der Waals surface area contributed by atoms with E-state index < -0.39 is 5.97 Å². The van der Waals surface area contributed by atoms with Gasteiger partial charge in [-0.1, -0.05) is 27.6 Å². The van der Waals surface area contributed by atoms with Crippen molar-refractivity contribution in [2.75, 3.05) is 0 Å². The molecular formula is C12H11BrN2O2. The van der Waals surface area contributed by atoms with Crippen LogP contribution in [0.5, 0.6) is 0 Å². The van der Waals surface area contributed by atoms with E-state index in [2.05, 4.69) is 21.0 Å². The van der Waals surface area contributed by atoms with Crippen LogP contribution in [0.3, 0.4) is 0 Å². The number of carboxylic acids is 1. The van der Waals surface area contributed by atoms with Crippen LogP contribution in [0.1, 0.15) is 16.1 Å². The molecule has 0 aliphatic rings. The second-order valence-corrected chi connectivity index (χ2v) is 4.68. The van der Waals surface area contributed by atoms with Crippen LogP contribution >= 0.6 is 15.9 Å². The van der Waals surface area contributed by atoms with Gasteiger partial charge in [0, 0.05) is 17.1 Å². The molecule has 0 fully saturated rings. The molecule has 0 aliphatic heterocycles. The molecule has 4 nitrogen and oxygen atoms in total. The lowest BCUT2D eigenvalue weighted by Crippen LogP contribution is -1.99. The first-order valence-corrected chi connectivity index (χ1v) is 5.82. The van der Waals surface area contributed by atoms with Crippen molar-refractivity contribution in [3.05, 3.63) is 40.0 Å². The van der Waals surface area contributed by atoms with Crippen LogP contribution in [0, 0.1) is 6.92 Å². The van der Waals surface area contributed by atoms with E-state index >= 15 is 0 Å². The fraction of sp³-hybridized carbons (Fsp3) is 0.167. The number of hydrogen-bond donors (Lipinski definition) is 1. The Morgan fingerprint density at radius 1 is 1.41 bits per heavy atom. The highest BCUT2D eigenvalue weighted by Gasteiger charge is 2.14. The molecule has 0 radical (unpaired) electrons. The molecular weight excluding hydrogens is 284 g/mol. The third-order valence-electron chi connectivity index (χ3n) is 2.50. The van der Waals surface area contributed by atoms with E-state index in [9.17, 15) is 4.79 Å². The van der Waals surface area contributed by atoms with Crippen LogP contribution in [0.25, 0.3) is 11.3 Å². The summed E-state index contributed by atoms with van der Waals surface area (Å²) in [6.07, 6.45) is 0. The first-order valence-electron chi connectivity index (χ1n) is 5.03. The highest BCUT2D eigenvalue weighted by molar-refractivity contribution is 9.10. The van der Waals surface area contributed by atoms with Gasteiger partial charge in [-0.15, -0.1) is 0 Å². The van der Waals surface area contributed by atoms with Crippen LogP contribution in [0.4, 0.5) is 0 Å². The minimum atomic E-state index is -1.02. The van der Waals surface area contributed by atoms with Gasteiger partial charge in [0.05, 0.1) is 5.69 Å². The number of aromatic carboxylic acids is 1. The average Bonchev–Trinajstić information content (AvgIpc) is 2.64. The molecule has 0 bridgehead atoms. The lowest BCUT2D eigenvalue weighted by molar-refractivity contribution is 0.0689. The van der Waals surface area contributed by atoms with E-state index in [4.69, 9.17) is 5.11 Å². The minimum Gasteiger partial charge on any atom is -0.476 e. The van der Waals surface area contributed by atoms with Crippen LogP contribution in [0.15, 0.2) is 28.7 Å². The van der Waals surface area contributed by atoms with Crippen LogP contribution in [0.2, 0.25) is 0 Å². The second kappa shape index (κ2) is 4.33. The molecule has 0 saturated carbocycles. The number of rotatable bonds is 2. The monoisotopic (exact) mass is 294 g/mol. The van der Waals surface area contributed by atoms with Gasteiger partial charge in [-0.25, -0.2) is 4.79 Å². The summed E-state index contributed by atoms with van der Waals surface area (Å²) < 4.78 is 2.49. The van der Waals surface area contributed by atoms with Crippen molar-refractivity contribution >= 4 is 21.9 Å². The Labute approximate surface area is 107 Å². The summed E-state index contributed by atoms with van der Waals surface area (Å²) in [5.41, 5.74) is 2.88. The zero-order chi connectivity index (χ0) is 12.6. The lowest BCUT2D eigenvalue weighted by Gasteiger charge is -2.05.